The van der Waals surface area contributed by atoms with Crippen LogP contribution in [0.2, 0.25) is 0 Å². The number of anilines is 1. The Kier molecular flexibility index (Phi) is 5.97. The van der Waals surface area contributed by atoms with E-state index in [1.54, 1.807) is 0 Å². The molecule has 0 aromatic carbocycles. The first-order chi connectivity index (χ1) is 9.02. The number of hydrazine groups is 1. The van der Waals surface area contributed by atoms with Crippen molar-refractivity contribution in [3.8, 4) is 5.88 Å². The molecule has 0 aliphatic carbocycles. The van der Waals surface area contributed by atoms with Crippen LogP contribution in [0, 0.1) is 16.0 Å². The monoisotopic (exact) mass is 270 g/mol. The van der Waals surface area contributed by atoms with Crippen LogP contribution >= 0.6 is 0 Å². The fraction of sp³-hybridized carbons (Fsp3) is 0.545. The summed E-state index contributed by atoms with van der Waals surface area (Å²) in [7, 11) is 0. The van der Waals surface area contributed by atoms with Crippen molar-refractivity contribution in [1.82, 2.24) is 4.98 Å². The van der Waals surface area contributed by atoms with Gasteiger partial charge in [0.2, 0.25) is 5.88 Å². The second kappa shape index (κ2) is 7.49. The van der Waals surface area contributed by atoms with Crippen molar-refractivity contribution in [2.75, 3.05) is 25.2 Å². The van der Waals surface area contributed by atoms with Gasteiger partial charge in [0.05, 0.1) is 23.7 Å². The fourth-order valence-electron chi connectivity index (χ4n) is 1.27. The Morgan fingerprint density at radius 1 is 1.47 bits per heavy atom. The molecule has 1 aromatic heterocycles. The third-order valence-corrected chi connectivity index (χ3v) is 2.07. The van der Waals surface area contributed by atoms with Crippen LogP contribution in [0.3, 0.4) is 0 Å². The molecule has 0 fully saturated rings. The van der Waals surface area contributed by atoms with Gasteiger partial charge >= 0.3 is 0 Å². The van der Waals surface area contributed by atoms with Crippen LogP contribution in [0.15, 0.2) is 12.1 Å². The average Bonchev–Trinajstić information content (AvgIpc) is 2.37. The van der Waals surface area contributed by atoms with Crippen LogP contribution in [0.4, 0.5) is 11.5 Å². The van der Waals surface area contributed by atoms with E-state index >= 15 is 0 Å². The van der Waals surface area contributed by atoms with Gasteiger partial charge in [0.1, 0.15) is 6.61 Å². The zero-order valence-corrected chi connectivity index (χ0v) is 11.0. The van der Waals surface area contributed by atoms with Crippen molar-refractivity contribution in [3.05, 3.63) is 22.2 Å². The SMILES string of the molecule is CC(C)COCCOc1cc([N+](=O)[O-])cc(NN)n1. The van der Waals surface area contributed by atoms with Crippen molar-refractivity contribution in [1.29, 1.82) is 0 Å². The summed E-state index contributed by atoms with van der Waals surface area (Å²) in [6.45, 7) is 5.39. The number of hydrogen-bond acceptors (Lipinski definition) is 7. The highest BCUT2D eigenvalue weighted by atomic mass is 16.6. The molecule has 0 aliphatic heterocycles. The predicted molar refractivity (Wildman–Crippen MR) is 69.9 cm³/mol. The fourth-order valence-corrected chi connectivity index (χ4v) is 1.27. The van der Waals surface area contributed by atoms with E-state index in [4.69, 9.17) is 15.3 Å². The van der Waals surface area contributed by atoms with Crippen LogP contribution in [-0.2, 0) is 4.74 Å². The summed E-state index contributed by atoms with van der Waals surface area (Å²) in [6, 6.07) is 2.46. The summed E-state index contributed by atoms with van der Waals surface area (Å²) >= 11 is 0. The van der Waals surface area contributed by atoms with Crippen molar-refractivity contribution in [2.45, 2.75) is 13.8 Å². The van der Waals surface area contributed by atoms with Crippen LogP contribution < -0.4 is 16.0 Å². The number of nitrogens with zero attached hydrogens (tertiary/aromatic N) is 2. The molecule has 3 N–H and O–H groups in total. The lowest BCUT2D eigenvalue weighted by atomic mass is 10.2. The Hall–Kier alpha value is -1.93. The van der Waals surface area contributed by atoms with Crippen LogP contribution in [0.1, 0.15) is 13.8 Å². The summed E-state index contributed by atoms with van der Waals surface area (Å²) < 4.78 is 10.6. The van der Waals surface area contributed by atoms with Crippen LogP contribution in [-0.4, -0.2) is 29.7 Å². The highest BCUT2D eigenvalue weighted by Crippen LogP contribution is 2.21. The summed E-state index contributed by atoms with van der Waals surface area (Å²) in [5.74, 6) is 5.94. The third-order valence-electron chi connectivity index (χ3n) is 2.07. The first-order valence-corrected chi connectivity index (χ1v) is 5.86. The summed E-state index contributed by atoms with van der Waals surface area (Å²) in [5, 5.41) is 10.7. The first-order valence-electron chi connectivity index (χ1n) is 5.86. The minimum Gasteiger partial charge on any atom is -0.475 e. The summed E-state index contributed by atoms with van der Waals surface area (Å²) in [6.07, 6.45) is 0. The number of nitrogens with one attached hydrogen (secondary N) is 1. The van der Waals surface area contributed by atoms with Gasteiger partial charge in [-0.25, -0.2) is 5.84 Å². The van der Waals surface area contributed by atoms with Gasteiger partial charge in [0.15, 0.2) is 5.82 Å². The predicted octanol–water partition coefficient (Wildman–Crippen LogP) is 1.33. The lowest BCUT2D eigenvalue weighted by molar-refractivity contribution is -0.384. The molecule has 1 rings (SSSR count). The van der Waals surface area contributed by atoms with E-state index in [1.165, 1.54) is 12.1 Å². The molecule has 0 saturated carbocycles. The molecule has 0 spiro atoms. The van der Waals surface area contributed by atoms with E-state index in [0.717, 1.165) is 0 Å². The van der Waals surface area contributed by atoms with E-state index < -0.39 is 4.92 Å². The Morgan fingerprint density at radius 3 is 2.79 bits per heavy atom. The van der Waals surface area contributed by atoms with Crippen LogP contribution in [0.5, 0.6) is 5.88 Å². The molecule has 1 heterocycles. The van der Waals surface area contributed by atoms with Gasteiger partial charge in [-0.2, -0.15) is 4.98 Å². The second-order valence-electron chi connectivity index (χ2n) is 4.27. The molecule has 0 aliphatic rings. The number of rotatable bonds is 8. The smallest absolute Gasteiger partial charge is 0.278 e. The van der Waals surface area contributed by atoms with E-state index in [9.17, 15) is 10.1 Å². The zero-order valence-electron chi connectivity index (χ0n) is 11.0. The number of nitro groups is 1. The molecule has 1 aromatic rings. The minimum atomic E-state index is -0.537. The third kappa shape index (κ3) is 5.49. The van der Waals surface area contributed by atoms with Crippen molar-refractivity contribution >= 4 is 11.5 Å². The molecule has 0 atom stereocenters. The molecule has 0 bridgehead atoms. The zero-order chi connectivity index (χ0) is 14.3. The maximum Gasteiger partial charge on any atom is 0.278 e. The molecule has 0 radical (unpaired) electrons. The quantitative estimate of drug-likeness (QED) is 0.317. The second-order valence-corrected chi connectivity index (χ2v) is 4.27. The average molecular weight is 270 g/mol. The Morgan fingerprint density at radius 2 is 2.21 bits per heavy atom. The number of aromatic nitrogens is 1. The maximum absolute atomic E-state index is 10.7. The normalized spacial score (nSPS) is 10.5. The van der Waals surface area contributed by atoms with Crippen molar-refractivity contribution in [3.63, 3.8) is 0 Å². The number of ether oxygens (including phenoxy) is 2. The van der Waals surface area contributed by atoms with Gasteiger partial charge in [-0.05, 0) is 5.92 Å². The summed E-state index contributed by atoms with van der Waals surface area (Å²) in [5.41, 5.74) is 2.11. The van der Waals surface area contributed by atoms with Gasteiger partial charge in [-0.3, -0.25) is 10.1 Å². The molecule has 106 valence electrons. The van der Waals surface area contributed by atoms with Gasteiger partial charge in [0, 0.05) is 6.61 Å². The molecule has 8 heteroatoms. The molecule has 0 amide bonds. The lowest BCUT2D eigenvalue weighted by Gasteiger charge is -2.09. The van der Waals surface area contributed by atoms with Crippen LogP contribution in [0.25, 0.3) is 0 Å². The molecule has 0 unspecified atom stereocenters. The Balaban J connectivity index is 2.53. The standard InChI is InChI=1S/C11H18N4O4/c1-8(2)7-18-3-4-19-11-6-9(15(16)17)5-10(13-11)14-12/h5-6,8H,3-4,7,12H2,1-2H3,(H,13,14). The number of pyridine rings is 1. The first kappa shape index (κ1) is 15.1. The number of nitrogens with two attached hydrogens (primary N) is 1. The topological polar surface area (TPSA) is 113 Å². The minimum absolute atomic E-state index is 0.135. The van der Waals surface area contributed by atoms with Gasteiger partial charge in [-0.15, -0.1) is 0 Å². The maximum atomic E-state index is 10.7. The largest absolute Gasteiger partial charge is 0.475 e. The molecular formula is C11H18N4O4. The van der Waals surface area contributed by atoms with Crippen molar-refractivity contribution < 1.29 is 14.4 Å². The highest BCUT2D eigenvalue weighted by Gasteiger charge is 2.11. The molecule has 8 nitrogen and oxygen atoms in total. The van der Waals surface area contributed by atoms with Crippen molar-refractivity contribution in [2.24, 2.45) is 11.8 Å². The number of nitrogen functional groups attached to an aromatic ring is 1. The summed E-state index contributed by atoms with van der Waals surface area (Å²) in [4.78, 5) is 14.1. The van der Waals surface area contributed by atoms with E-state index in [1.807, 2.05) is 13.8 Å². The molecule has 19 heavy (non-hydrogen) atoms. The highest BCUT2D eigenvalue weighted by molar-refractivity contribution is 5.47. The molecule has 0 saturated heterocycles. The Bertz CT molecular complexity index is 425. The number of hydrogen-bond donors (Lipinski definition) is 2. The van der Waals surface area contributed by atoms with E-state index in [-0.39, 0.29) is 24.0 Å². The lowest BCUT2D eigenvalue weighted by Crippen LogP contribution is -2.12. The van der Waals surface area contributed by atoms with E-state index in [0.29, 0.717) is 19.1 Å². The van der Waals surface area contributed by atoms with E-state index in [2.05, 4.69) is 10.4 Å². The van der Waals surface area contributed by atoms with Gasteiger partial charge < -0.3 is 14.9 Å². The molecular weight excluding hydrogens is 252 g/mol. The van der Waals surface area contributed by atoms with Gasteiger partial charge in [-0.1, -0.05) is 13.8 Å². The van der Waals surface area contributed by atoms with Gasteiger partial charge in [0.25, 0.3) is 5.69 Å². The Labute approximate surface area is 111 Å².